The van der Waals surface area contributed by atoms with Gasteiger partial charge < -0.3 is 4.90 Å². The molecule has 0 bridgehead atoms. The summed E-state index contributed by atoms with van der Waals surface area (Å²) in [6, 6.07) is 10.5. The number of carbonyl (C=O) groups is 1. The van der Waals surface area contributed by atoms with Crippen molar-refractivity contribution >= 4 is 5.91 Å². The molecular formula is C16H21NO. The zero-order valence-corrected chi connectivity index (χ0v) is 11.0. The topological polar surface area (TPSA) is 20.3 Å². The predicted octanol–water partition coefficient (Wildman–Crippen LogP) is 3.05. The fourth-order valence-corrected chi connectivity index (χ4v) is 3.16. The quantitative estimate of drug-likeness (QED) is 0.782. The zero-order chi connectivity index (χ0) is 12.5. The van der Waals surface area contributed by atoms with Crippen molar-refractivity contribution in [1.29, 1.82) is 0 Å². The summed E-state index contributed by atoms with van der Waals surface area (Å²) in [5, 5.41) is 0. The monoisotopic (exact) mass is 243 g/mol. The Hall–Kier alpha value is -1.31. The minimum absolute atomic E-state index is 0.262. The number of benzene rings is 1. The maximum atomic E-state index is 12.4. The molecular weight excluding hydrogens is 222 g/mol. The molecule has 18 heavy (non-hydrogen) atoms. The second-order valence-electron chi connectivity index (χ2n) is 5.89. The van der Waals surface area contributed by atoms with Crippen LogP contribution in [0.2, 0.25) is 0 Å². The van der Waals surface area contributed by atoms with Crippen molar-refractivity contribution in [1.82, 2.24) is 4.90 Å². The minimum Gasteiger partial charge on any atom is -0.342 e. The van der Waals surface area contributed by atoms with Gasteiger partial charge in [0.1, 0.15) is 0 Å². The Morgan fingerprint density at radius 1 is 1.28 bits per heavy atom. The second-order valence-corrected chi connectivity index (χ2v) is 5.89. The first kappa shape index (κ1) is 11.8. The van der Waals surface area contributed by atoms with Crippen LogP contribution in [0.3, 0.4) is 0 Å². The number of piperidine rings is 1. The van der Waals surface area contributed by atoms with E-state index < -0.39 is 0 Å². The standard InChI is InChI=1S/C16H21NO/c1-12-6-5-9-17(11-12)16(18)15-10-14(15)13-7-3-2-4-8-13/h2-4,7-8,12,14-15H,5-6,9-11H2,1H3. The lowest BCUT2D eigenvalue weighted by molar-refractivity contribution is -0.134. The van der Waals surface area contributed by atoms with E-state index in [2.05, 4.69) is 36.1 Å². The Morgan fingerprint density at radius 3 is 2.78 bits per heavy atom. The molecule has 1 aromatic rings. The summed E-state index contributed by atoms with van der Waals surface area (Å²) in [5.74, 6) is 1.82. The van der Waals surface area contributed by atoms with Gasteiger partial charge in [0.25, 0.3) is 0 Å². The highest BCUT2D eigenvalue weighted by molar-refractivity contribution is 5.83. The molecule has 2 nitrogen and oxygen atoms in total. The van der Waals surface area contributed by atoms with E-state index in [1.54, 1.807) is 0 Å². The Kier molecular flexibility index (Phi) is 3.11. The van der Waals surface area contributed by atoms with Gasteiger partial charge >= 0.3 is 0 Å². The summed E-state index contributed by atoms with van der Waals surface area (Å²) in [6.45, 7) is 4.19. The molecule has 2 heteroatoms. The van der Waals surface area contributed by atoms with E-state index >= 15 is 0 Å². The van der Waals surface area contributed by atoms with E-state index in [-0.39, 0.29) is 5.92 Å². The van der Waals surface area contributed by atoms with Gasteiger partial charge in [0.15, 0.2) is 0 Å². The smallest absolute Gasteiger partial charge is 0.226 e. The van der Waals surface area contributed by atoms with Crippen LogP contribution in [0, 0.1) is 11.8 Å². The summed E-state index contributed by atoms with van der Waals surface area (Å²) in [4.78, 5) is 14.5. The van der Waals surface area contributed by atoms with Crippen LogP contribution < -0.4 is 0 Å². The van der Waals surface area contributed by atoms with Gasteiger partial charge in [-0.05, 0) is 36.7 Å². The SMILES string of the molecule is CC1CCCN(C(=O)C2CC2c2ccccc2)C1. The van der Waals surface area contributed by atoms with Crippen molar-refractivity contribution in [3.05, 3.63) is 35.9 Å². The first-order valence-corrected chi connectivity index (χ1v) is 7.09. The van der Waals surface area contributed by atoms with Gasteiger partial charge in [-0.25, -0.2) is 0 Å². The number of rotatable bonds is 2. The number of hydrogen-bond acceptors (Lipinski definition) is 1. The van der Waals surface area contributed by atoms with Crippen LogP contribution >= 0.6 is 0 Å². The van der Waals surface area contributed by atoms with Crippen molar-refractivity contribution in [2.45, 2.75) is 32.1 Å². The Bertz CT molecular complexity index is 428. The third-order valence-electron chi connectivity index (χ3n) is 4.30. The number of nitrogens with zero attached hydrogens (tertiary/aromatic N) is 1. The highest BCUT2D eigenvalue weighted by Gasteiger charge is 2.45. The third kappa shape index (κ3) is 2.29. The van der Waals surface area contributed by atoms with Crippen molar-refractivity contribution in [3.63, 3.8) is 0 Å². The van der Waals surface area contributed by atoms with Crippen LogP contribution in [0.15, 0.2) is 30.3 Å². The summed E-state index contributed by atoms with van der Waals surface area (Å²) < 4.78 is 0. The lowest BCUT2D eigenvalue weighted by Crippen LogP contribution is -2.40. The predicted molar refractivity (Wildman–Crippen MR) is 72.3 cm³/mol. The summed E-state index contributed by atoms with van der Waals surface area (Å²) >= 11 is 0. The number of carbonyl (C=O) groups excluding carboxylic acids is 1. The van der Waals surface area contributed by atoms with E-state index in [0.29, 0.717) is 17.7 Å². The van der Waals surface area contributed by atoms with Crippen LogP contribution in [-0.4, -0.2) is 23.9 Å². The molecule has 1 saturated heterocycles. The van der Waals surface area contributed by atoms with Gasteiger partial charge in [-0.1, -0.05) is 37.3 Å². The average Bonchev–Trinajstić information content (AvgIpc) is 3.19. The molecule has 0 N–H and O–H groups in total. The molecule has 1 aliphatic carbocycles. The first-order chi connectivity index (χ1) is 8.75. The number of likely N-dealkylation sites (tertiary alicyclic amines) is 1. The van der Waals surface area contributed by atoms with Crippen molar-refractivity contribution < 1.29 is 4.79 Å². The lowest BCUT2D eigenvalue weighted by atomic mass is 9.99. The highest BCUT2D eigenvalue weighted by atomic mass is 16.2. The van der Waals surface area contributed by atoms with Gasteiger partial charge in [-0.3, -0.25) is 4.79 Å². The molecule has 2 aliphatic rings. The minimum atomic E-state index is 0.262. The van der Waals surface area contributed by atoms with Gasteiger partial charge in [0.05, 0.1) is 0 Å². The molecule has 1 heterocycles. The van der Waals surface area contributed by atoms with E-state index in [1.807, 2.05) is 6.07 Å². The molecule has 0 aromatic heterocycles. The Balaban J connectivity index is 1.62. The molecule has 0 radical (unpaired) electrons. The number of hydrogen-bond donors (Lipinski definition) is 0. The van der Waals surface area contributed by atoms with Crippen LogP contribution in [-0.2, 0) is 4.79 Å². The van der Waals surface area contributed by atoms with Crippen LogP contribution in [0.4, 0.5) is 0 Å². The average molecular weight is 243 g/mol. The summed E-state index contributed by atoms with van der Waals surface area (Å²) in [5.41, 5.74) is 1.33. The van der Waals surface area contributed by atoms with E-state index in [4.69, 9.17) is 0 Å². The molecule has 2 fully saturated rings. The highest BCUT2D eigenvalue weighted by Crippen LogP contribution is 2.48. The van der Waals surface area contributed by atoms with Gasteiger partial charge in [-0.2, -0.15) is 0 Å². The molecule has 3 atom stereocenters. The fourth-order valence-electron chi connectivity index (χ4n) is 3.16. The molecule has 0 spiro atoms. The van der Waals surface area contributed by atoms with Crippen LogP contribution in [0.5, 0.6) is 0 Å². The second kappa shape index (κ2) is 4.75. The van der Waals surface area contributed by atoms with Gasteiger partial charge in [0, 0.05) is 19.0 Å². The number of amides is 1. The lowest BCUT2D eigenvalue weighted by Gasteiger charge is -2.31. The molecule has 3 rings (SSSR count). The van der Waals surface area contributed by atoms with Gasteiger partial charge in [0.2, 0.25) is 5.91 Å². The van der Waals surface area contributed by atoms with E-state index in [1.165, 1.54) is 18.4 Å². The Morgan fingerprint density at radius 2 is 2.06 bits per heavy atom. The zero-order valence-electron chi connectivity index (χ0n) is 11.0. The third-order valence-corrected chi connectivity index (χ3v) is 4.30. The van der Waals surface area contributed by atoms with Crippen molar-refractivity contribution in [3.8, 4) is 0 Å². The molecule has 1 aromatic carbocycles. The van der Waals surface area contributed by atoms with E-state index in [0.717, 1.165) is 19.5 Å². The first-order valence-electron chi connectivity index (χ1n) is 7.09. The maximum Gasteiger partial charge on any atom is 0.226 e. The normalized spacial score (nSPS) is 31.2. The fraction of sp³-hybridized carbons (Fsp3) is 0.562. The summed E-state index contributed by atoms with van der Waals surface area (Å²) in [7, 11) is 0. The van der Waals surface area contributed by atoms with Gasteiger partial charge in [-0.15, -0.1) is 0 Å². The molecule has 1 saturated carbocycles. The molecule has 1 aliphatic heterocycles. The van der Waals surface area contributed by atoms with Crippen LogP contribution in [0.1, 0.15) is 37.7 Å². The van der Waals surface area contributed by atoms with Crippen LogP contribution in [0.25, 0.3) is 0 Å². The molecule has 1 amide bonds. The maximum absolute atomic E-state index is 12.4. The van der Waals surface area contributed by atoms with E-state index in [9.17, 15) is 4.79 Å². The van der Waals surface area contributed by atoms with Crippen molar-refractivity contribution in [2.75, 3.05) is 13.1 Å². The Labute approximate surface area is 109 Å². The summed E-state index contributed by atoms with van der Waals surface area (Å²) in [6.07, 6.45) is 3.50. The molecule has 3 unspecified atom stereocenters. The van der Waals surface area contributed by atoms with Crippen molar-refractivity contribution in [2.24, 2.45) is 11.8 Å². The molecule has 96 valence electrons. The largest absolute Gasteiger partial charge is 0.342 e.